The summed E-state index contributed by atoms with van der Waals surface area (Å²) in [6, 6.07) is 4.01. The molecule has 3 heterocycles. The Labute approximate surface area is 82.6 Å². The van der Waals surface area contributed by atoms with Crippen molar-refractivity contribution in [2.45, 2.75) is 0 Å². The minimum Gasteiger partial charge on any atom is -0.303 e. The van der Waals surface area contributed by atoms with Crippen LogP contribution in [0.3, 0.4) is 0 Å². The van der Waals surface area contributed by atoms with E-state index in [1.54, 1.807) is 11.3 Å². The molecule has 0 atom stereocenters. The molecule has 0 radical (unpaired) electrons. The van der Waals surface area contributed by atoms with Crippen molar-refractivity contribution in [2.24, 2.45) is 0 Å². The predicted octanol–water partition coefficient (Wildman–Crippen LogP) is 2.60. The second kappa shape index (κ2) is 2.43. The molecule has 0 amide bonds. The van der Waals surface area contributed by atoms with E-state index >= 15 is 0 Å². The molecule has 13 heavy (non-hydrogen) atoms. The summed E-state index contributed by atoms with van der Waals surface area (Å²) in [4.78, 5) is 10.2. The van der Waals surface area contributed by atoms with Crippen LogP contribution in [0.5, 0.6) is 0 Å². The van der Waals surface area contributed by atoms with Gasteiger partial charge in [-0.15, -0.1) is 0 Å². The van der Waals surface area contributed by atoms with Crippen molar-refractivity contribution in [2.75, 3.05) is 0 Å². The summed E-state index contributed by atoms with van der Waals surface area (Å²) in [7, 11) is 0. The van der Waals surface area contributed by atoms with Gasteiger partial charge in [0.05, 0.1) is 0 Å². The van der Waals surface area contributed by atoms with Crippen LogP contribution in [0, 0.1) is 0 Å². The maximum atomic E-state index is 5.97. The van der Waals surface area contributed by atoms with Crippen LogP contribution in [0.15, 0.2) is 24.7 Å². The van der Waals surface area contributed by atoms with E-state index in [1.165, 1.54) is 6.33 Å². The van der Waals surface area contributed by atoms with Crippen LogP contribution in [0.1, 0.15) is 0 Å². The maximum absolute atomic E-state index is 5.97. The Morgan fingerprint density at radius 1 is 1.38 bits per heavy atom. The van der Waals surface area contributed by atoms with Gasteiger partial charge in [-0.2, -0.15) is 0 Å². The molecule has 0 N–H and O–H groups in total. The van der Waals surface area contributed by atoms with Gasteiger partial charge < -0.3 is 4.40 Å². The SMILES string of the molecule is Clc1ncnc2sc3cccn3c12. The number of hydrogen-bond donors (Lipinski definition) is 0. The molecule has 64 valence electrons. The Morgan fingerprint density at radius 2 is 2.31 bits per heavy atom. The van der Waals surface area contributed by atoms with Gasteiger partial charge in [0, 0.05) is 6.20 Å². The smallest absolute Gasteiger partial charge is 0.157 e. The minimum atomic E-state index is 0.507. The van der Waals surface area contributed by atoms with E-state index in [9.17, 15) is 0 Å². The molecular formula is C8H4ClN3S. The molecule has 0 aliphatic carbocycles. The van der Waals surface area contributed by atoms with Gasteiger partial charge in [-0.3, -0.25) is 0 Å². The molecule has 0 unspecified atom stereocenters. The van der Waals surface area contributed by atoms with Crippen molar-refractivity contribution >= 4 is 38.1 Å². The molecule has 0 spiro atoms. The summed E-state index contributed by atoms with van der Waals surface area (Å²) in [5.74, 6) is 0. The molecule has 0 aromatic carbocycles. The zero-order valence-corrected chi connectivity index (χ0v) is 8.01. The number of rotatable bonds is 0. The molecule has 0 saturated heterocycles. The summed E-state index contributed by atoms with van der Waals surface area (Å²) in [5.41, 5.74) is 0.897. The van der Waals surface area contributed by atoms with E-state index in [-0.39, 0.29) is 0 Å². The zero-order chi connectivity index (χ0) is 8.84. The largest absolute Gasteiger partial charge is 0.303 e. The van der Waals surface area contributed by atoms with Crippen molar-refractivity contribution in [3.63, 3.8) is 0 Å². The fraction of sp³-hybridized carbons (Fsp3) is 0. The average Bonchev–Trinajstić information content (AvgIpc) is 2.62. The predicted molar refractivity (Wildman–Crippen MR) is 53.4 cm³/mol. The normalized spacial score (nSPS) is 11.5. The summed E-state index contributed by atoms with van der Waals surface area (Å²) < 4.78 is 2.00. The fourth-order valence-corrected chi connectivity index (χ4v) is 2.62. The third kappa shape index (κ3) is 0.897. The first kappa shape index (κ1) is 7.29. The number of halogens is 1. The molecule has 0 fully saturated rings. The van der Waals surface area contributed by atoms with Gasteiger partial charge in [0.2, 0.25) is 0 Å². The first-order valence-corrected chi connectivity index (χ1v) is 4.92. The number of thiazole rings is 1. The van der Waals surface area contributed by atoms with Crippen molar-refractivity contribution in [1.82, 2.24) is 14.4 Å². The summed E-state index contributed by atoms with van der Waals surface area (Å²) in [6.45, 7) is 0. The molecule has 0 aliphatic rings. The van der Waals surface area contributed by atoms with Gasteiger partial charge in [0.15, 0.2) is 5.15 Å². The molecule has 3 rings (SSSR count). The number of aromatic nitrogens is 3. The molecule has 3 nitrogen and oxygen atoms in total. The third-order valence-electron chi connectivity index (χ3n) is 1.90. The highest BCUT2D eigenvalue weighted by Crippen LogP contribution is 2.28. The standard InChI is InChI=1S/C8H4ClN3S/c9-7-6-8(11-4-10-7)13-5-2-1-3-12(5)6/h1-4H. The third-order valence-corrected chi connectivity index (χ3v) is 3.21. The van der Waals surface area contributed by atoms with Crippen molar-refractivity contribution in [1.29, 1.82) is 0 Å². The van der Waals surface area contributed by atoms with Crippen LogP contribution in [0.25, 0.3) is 15.2 Å². The van der Waals surface area contributed by atoms with Gasteiger partial charge >= 0.3 is 0 Å². The van der Waals surface area contributed by atoms with E-state index < -0.39 is 0 Å². The van der Waals surface area contributed by atoms with Gasteiger partial charge in [0.1, 0.15) is 21.5 Å². The Morgan fingerprint density at radius 3 is 3.23 bits per heavy atom. The maximum Gasteiger partial charge on any atom is 0.157 e. The first-order valence-electron chi connectivity index (χ1n) is 3.72. The highest BCUT2D eigenvalue weighted by Gasteiger charge is 2.08. The van der Waals surface area contributed by atoms with E-state index in [2.05, 4.69) is 9.97 Å². The first-order chi connectivity index (χ1) is 6.36. The highest BCUT2D eigenvalue weighted by molar-refractivity contribution is 7.23. The van der Waals surface area contributed by atoms with Crippen molar-refractivity contribution in [3.8, 4) is 0 Å². The lowest BCUT2D eigenvalue weighted by Gasteiger charge is -1.91. The monoisotopic (exact) mass is 209 g/mol. The highest BCUT2D eigenvalue weighted by atomic mass is 35.5. The van der Waals surface area contributed by atoms with Gasteiger partial charge in [-0.1, -0.05) is 22.9 Å². The van der Waals surface area contributed by atoms with Crippen LogP contribution >= 0.6 is 22.9 Å². The number of fused-ring (bicyclic) bond motifs is 3. The van der Waals surface area contributed by atoms with E-state index in [4.69, 9.17) is 11.6 Å². The lowest BCUT2D eigenvalue weighted by molar-refractivity contribution is 1.19. The lowest BCUT2D eigenvalue weighted by atomic mass is 10.6. The van der Waals surface area contributed by atoms with Crippen molar-refractivity contribution in [3.05, 3.63) is 29.8 Å². The topological polar surface area (TPSA) is 30.2 Å². The lowest BCUT2D eigenvalue weighted by Crippen LogP contribution is -1.83. The molecule has 3 aromatic heterocycles. The van der Waals surface area contributed by atoms with Crippen LogP contribution in [0.4, 0.5) is 0 Å². The van der Waals surface area contributed by atoms with Crippen LogP contribution in [-0.2, 0) is 0 Å². The molecule has 0 aliphatic heterocycles. The second-order valence-electron chi connectivity index (χ2n) is 2.64. The minimum absolute atomic E-state index is 0.507. The number of nitrogens with zero attached hydrogens (tertiary/aromatic N) is 3. The Kier molecular flexibility index (Phi) is 1.36. The summed E-state index contributed by atoms with van der Waals surface area (Å²) in [6.07, 6.45) is 3.45. The Hall–Kier alpha value is -1.13. The molecule has 0 saturated carbocycles. The van der Waals surface area contributed by atoms with E-state index in [0.29, 0.717) is 5.15 Å². The molecular weight excluding hydrogens is 206 g/mol. The Bertz CT molecular complexity index is 583. The van der Waals surface area contributed by atoms with E-state index in [1.807, 2.05) is 22.7 Å². The quantitative estimate of drug-likeness (QED) is 0.533. The zero-order valence-electron chi connectivity index (χ0n) is 6.44. The Balaban J connectivity index is 2.68. The van der Waals surface area contributed by atoms with Crippen LogP contribution in [0.2, 0.25) is 5.15 Å². The van der Waals surface area contributed by atoms with Gasteiger partial charge in [0.25, 0.3) is 0 Å². The summed E-state index contributed by atoms with van der Waals surface area (Å²) in [5, 5.41) is 0.507. The number of hydrogen-bond acceptors (Lipinski definition) is 3. The van der Waals surface area contributed by atoms with Gasteiger partial charge in [-0.25, -0.2) is 9.97 Å². The van der Waals surface area contributed by atoms with Gasteiger partial charge in [-0.05, 0) is 12.1 Å². The van der Waals surface area contributed by atoms with Crippen LogP contribution < -0.4 is 0 Å². The van der Waals surface area contributed by atoms with E-state index in [0.717, 1.165) is 15.2 Å². The average molecular weight is 210 g/mol. The molecule has 5 heteroatoms. The van der Waals surface area contributed by atoms with Crippen molar-refractivity contribution < 1.29 is 0 Å². The fourth-order valence-electron chi connectivity index (χ4n) is 1.35. The molecule has 3 aromatic rings. The molecule has 0 bridgehead atoms. The van der Waals surface area contributed by atoms with Crippen LogP contribution in [-0.4, -0.2) is 14.4 Å². The second-order valence-corrected chi connectivity index (χ2v) is 4.00. The summed E-state index contributed by atoms with van der Waals surface area (Å²) >= 11 is 7.58.